The van der Waals surface area contributed by atoms with E-state index >= 15 is 0 Å². The Morgan fingerprint density at radius 1 is 1.60 bits per heavy atom. The summed E-state index contributed by atoms with van der Waals surface area (Å²) in [4.78, 5) is 25.3. The highest BCUT2D eigenvalue weighted by Gasteiger charge is 2.08. The van der Waals surface area contributed by atoms with Crippen molar-refractivity contribution in [3.8, 4) is 0 Å². The summed E-state index contributed by atoms with van der Waals surface area (Å²) < 4.78 is 10.7. The minimum atomic E-state index is -0.944. The molecule has 5 nitrogen and oxygen atoms in total. The van der Waals surface area contributed by atoms with Gasteiger partial charge in [-0.1, -0.05) is 0 Å². The molecular weight excluding hydrogens is 216 g/mol. The van der Waals surface area contributed by atoms with E-state index in [1.165, 1.54) is 18.5 Å². The van der Waals surface area contributed by atoms with Crippen LogP contribution in [-0.4, -0.2) is 33.7 Å². The molecule has 0 aliphatic heterocycles. The van der Waals surface area contributed by atoms with Crippen molar-refractivity contribution in [2.24, 2.45) is 0 Å². The molecule has 0 radical (unpaired) electrons. The van der Waals surface area contributed by atoms with Crippen molar-refractivity contribution in [1.82, 2.24) is 10.3 Å². The van der Waals surface area contributed by atoms with Crippen molar-refractivity contribution in [1.29, 1.82) is 0 Å². The second kappa shape index (κ2) is 5.45. The van der Waals surface area contributed by atoms with Gasteiger partial charge in [-0.3, -0.25) is 13.8 Å². The molecular formula is C9H12N2O3S. The van der Waals surface area contributed by atoms with E-state index in [4.69, 9.17) is 0 Å². The number of nitrogens with one attached hydrogen (secondary N) is 2. The van der Waals surface area contributed by atoms with Gasteiger partial charge in [0.25, 0.3) is 5.91 Å². The molecule has 1 aromatic rings. The van der Waals surface area contributed by atoms with Crippen LogP contribution < -0.4 is 10.7 Å². The highest BCUT2D eigenvalue weighted by Crippen LogP contribution is 1.87. The fourth-order valence-electron chi connectivity index (χ4n) is 0.997. The van der Waals surface area contributed by atoms with E-state index in [-0.39, 0.29) is 11.0 Å². The lowest BCUT2D eigenvalue weighted by Crippen LogP contribution is -2.31. The summed E-state index contributed by atoms with van der Waals surface area (Å²) in [6, 6.07) is 1.28. The molecule has 0 saturated carbocycles. The average Bonchev–Trinajstić information content (AvgIpc) is 2.17. The van der Waals surface area contributed by atoms with Crippen LogP contribution in [0.4, 0.5) is 0 Å². The third kappa shape index (κ3) is 3.67. The molecule has 15 heavy (non-hydrogen) atoms. The minimum absolute atomic E-state index is 0.0689. The van der Waals surface area contributed by atoms with Crippen LogP contribution in [0.2, 0.25) is 0 Å². The predicted molar refractivity (Wildman–Crippen MR) is 58.3 cm³/mol. The van der Waals surface area contributed by atoms with Gasteiger partial charge in [-0.05, 0) is 0 Å². The first-order valence-electron chi connectivity index (χ1n) is 4.36. The molecule has 0 spiro atoms. The summed E-state index contributed by atoms with van der Waals surface area (Å²) >= 11 is 0. The highest BCUT2D eigenvalue weighted by atomic mass is 32.2. The Kier molecular flexibility index (Phi) is 4.23. The fraction of sp³-hybridized carbons (Fsp3) is 0.333. The first-order valence-corrected chi connectivity index (χ1v) is 6.09. The van der Waals surface area contributed by atoms with Crippen LogP contribution in [0.3, 0.4) is 0 Å². The van der Waals surface area contributed by atoms with Gasteiger partial charge in [0.2, 0.25) is 0 Å². The van der Waals surface area contributed by atoms with Gasteiger partial charge >= 0.3 is 0 Å². The van der Waals surface area contributed by atoms with Crippen molar-refractivity contribution in [3.63, 3.8) is 0 Å². The Morgan fingerprint density at radius 2 is 2.33 bits per heavy atom. The van der Waals surface area contributed by atoms with Gasteiger partial charge in [-0.2, -0.15) is 0 Å². The number of carbonyl (C=O) groups is 1. The largest absolute Gasteiger partial charge is 0.367 e. The molecule has 1 heterocycles. The van der Waals surface area contributed by atoms with Crippen molar-refractivity contribution in [2.75, 3.05) is 18.6 Å². The van der Waals surface area contributed by atoms with Gasteiger partial charge < -0.3 is 10.3 Å². The van der Waals surface area contributed by atoms with E-state index in [0.717, 1.165) is 0 Å². The molecule has 0 aliphatic rings. The lowest BCUT2D eigenvalue weighted by Gasteiger charge is -2.02. The standard InChI is InChI=1S/C9H12N2O3S/c1-15(14)5-4-11-9(13)7-6-10-3-2-8(7)12/h2-3,6H,4-5H2,1H3,(H,10,12)(H,11,13). The van der Waals surface area contributed by atoms with Crippen molar-refractivity contribution >= 4 is 16.7 Å². The minimum Gasteiger partial charge on any atom is -0.367 e. The lowest BCUT2D eigenvalue weighted by molar-refractivity contribution is 0.0955. The average molecular weight is 228 g/mol. The Labute approximate surface area is 89.4 Å². The SMILES string of the molecule is CS(=O)CCNC(=O)c1c[nH]ccc1=O. The first kappa shape index (κ1) is 11.6. The molecule has 1 aromatic heterocycles. The zero-order valence-corrected chi connectivity index (χ0v) is 9.10. The third-order valence-electron chi connectivity index (χ3n) is 1.74. The van der Waals surface area contributed by atoms with Gasteiger partial charge in [0, 0.05) is 47.8 Å². The Morgan fingerprint density at radius 3 is 2.93 bits per heavy atom. The molecule has 82 valence electrons. The van der Waals surface area contributed by atoms with Gasteiger partial charge in [0.05, 0.1) is 0 Å². The molecule has 0 saturated heterocycles. The molecule has 0 fully saturated rings. The summed E-state index contributed by atoms with van der Waals surface area (Å²) in [5.41, 5.74) is -0.261. The molecule has 2 N–H and O–H groups in total. The van der Waals surface area contributed by atoms with Crippen LogP contribution in [0.15, 0.2) is 23.3 Å². The van der Waals surface area contributed by atoms with Crippen molar-refractivity contribution in [3.05, 3.63) is 34.2 Å². The maximum Gasteiger partial charge on any atom is 0.256 e. The van der Waals surface area contributed by atoms with Crippen LogP contribution in [0.25, 0.3) is 0 Å². The smallest absolute Gasteiger partial charge is 0.256 e. The Hall–Kier alpha value is -1.43. The van der Waals surface area contributed by atoms with E-state index in [0.29, 0.717) is 12.3 Å². The summed E-state index contributed by atoms with van der Waals surface area (Å²) in [5, 5.41) is 2.52. The van der Waals surface area contributed by atoms with Gasteiger partial charge in [0.1, 0.15) is 5.56 Å². The molecule has 0 aromatic carbocycles. The molecule has 1 unspecified atom stereocenters. The first-order chi connectivity index (χ1) is 7.11. The maximum absolute atomic E-state index is 11.4. The summed E-state index contributed by atoms with van der Waals surface area (Å²) in [6.45, 7) is 0.302. The molecule has 0 aliphatic carbocycles. The molecule has 1 atom stereocenters. The monoisotopic (exact) mass is 228 g/mol. The van der Waals surface area contributed by atoms with Crippen LogP contribution in [0.1, 0.15) is 10.4 Å². The van der Waals surface area contributed by atoms with Gasteiger partial charge in [-0.25, -0.2) is 0 Å². The van der Waals surface area contributed by atoms with Crippen molar-refractivity contribution < 1.29 is 9.00 Å². The van der Waals surface area contributed by atoms with Gasteiger partial charge in [0.15, 0.2) is 5.43 Å². The molecule has 1 amide bonds. The van der Waals surface area contributed by atoms with Crippen LogP contribution >= 0.6 is 0 Å². The molecule has 0 bridgehead atoms. The number of hydrogen-bond donors (Lipinski definition) is 2. The lowest BCUT2D eigenvalue weighted by atomic mass is 10.2. The molecule has 6 heteroatoms. The quantitative estimate of drug-likeness (QED) is 0.728. The van der Waals surface area contributed by atoms with E-state index < -0.39 is 16.7 Å². The number of hydrogen-bond acceptors (Lipinski definition) is 3. The number of carbonyl (C=O) groups excluding carboxylic acids is 1. The van der Waals surface area contributed by atoms with E-state index in [1.807, 2.05) is 0 Å². The Bertz CT molecular complexity index is 427. The maximum atomic E-state index is 11.4. The number of H-pyrrole nitrogens is 1. The highest BCUT2D eigenvalue weighted by molar-refractivity contribution is 7.84. The molecule has 1 rings (SSSR count). The van der Waals surface area contributed by atoms with Crippen molar-refractivity contribution in [2.45, 2.75) is 0 Å². The topological polar surface area (TPSA) is 79.0 Å². The number of pyridine rings is 1. The number of amides is 1. The normalized spacial score (nSPS) is 12.1. The second-order valence-corrected chi connectivity index (χ2v) is 4.51. The number of aromatic nitrogens is 1. The van der Waals surface area contributed by atoms with Crippen LogP contribution in [0, 0.1) is 0 Å². The Balaban J connectivity index is 2.58. The van der Waals surface area contributed by atoms with Gasteiger partial charge in [-0.15, -0.1) is 0 Å². The van der Waals surface area contributed by atoms with E-state index in [9.17, 15) is 13.8 Å². The zero-order chi connectivity index (χ0) is 11.3. The summed E-state index contributed by atoms with van der Waals surface area (Å²) in [6.07, 6.45) is 4.36. The van der Waals surface area contributed by atoms with E-state index in [2.05, 4.69) is 10.3 Å². The van der Waals surface area contributed by atoms with Crippen LogP contribution in [-0.2, 0) is 10.8 Å². The fourth-order valence-corrected chi connectivity index (χ4v) is 1.39. The van der Waals surface area contributed by atoms with Crippen LogP contribution in [0.5, 0.6) is 0 Å². The second-order valence-electron chi connectivity index (χ2n) is 2.96. The predicted octanol–water partition coefficient (Wildman–Crippen LogP) is -0.517. The number of aromatic amines is 1. The summed E-state index contributed by atoms with van der Waals surface area (Å²) in [5.74, 6) is -0.0569. The van der Waals surface area contributed by atoms with E-state index in [1.54, 1.807) is 6.26 Å². The summed E-state index contributed by atoms with van der Waals surface area (Å²) in [7, 11) is -0.944. The third-order valence-corrected chi connectivity index (χ3v) is 2.52. The number of rotatable bonds is 4. The zero-order valence-electron chi connectivity index (χ0n) is 8.28.